The van der Waals surface area contributed by atoms with E-state index in [1.165, 1.54) is 5.69 Å². The van der Waals surface area contributed by atoms with Crippen LogP contribution in [0.25, 0.3) is 28.4 Å². The molecule has 0 bridgehead atoms. The summed E-state index contributed by atoms with van der Waals surface area (Å²) in [4.78, 5) is 43.1. The molecule has 1 saturated heterocycles. The van der Waals surface area contributed by atoms with E-state index in [-0.39, 0.29) is 12.1 Å². The second-order valence-electron chi connectivity index (χ2n) is 10.7. The molecule has 1 aliphatic heterocycles. The van der Waals surface area contributed by atoms with Gasteiger partial charge in [-0.3, -0.25) is 9.69 Å². The summed E-state index contributed by atoms with van der Waals surface area (Å²) in [5.74, 6) is 1.38. The zero-order valence-corrected chi connectivity index (χ0v) is 24.5. The number of rotatable bonds is 10. The number of piperazine rings is 1. The molecule has 0 amide bonds. The number of benzene rings is 1. The van der Waals surface area contributed by atoms with Gasteiger partial charge in [0.15, 0.2) is 17.3 Å². The molecule has 1 N–H and O–H groups in total. The van der Waals surface area contributed by atoms with Crippen molar-refractivity contribution in [3.05, 3.63) is 90.1 Å². The van der Waals surface area contributed by atoms with Crippen LogP contribution < -0.4 is 15.8 Å². The molecular formula is C31H35N11O. The van der Waals surface area contributed by atoms with Gasteiger partial charge < -0.3 is 15.1 Å². The highest BCUT2D eigenvalue weighted by Crippen LogP contribution is 2.23. The van der Waals surface area contributed by atoms with Gasteiger partial charge in [-0.15, -0.1) is 6.58 Å². The number of anilines is 3. The molecule has 1 aliphatic rings. The number of fused-ring (bicyclic) bond motifs is 1. The van der Waals surface area contributed by atoms with Gasteiger partial charge in [-0.25, -0.2) is 29.3 Å². The Kier molecular flexibility index (Phi) is 8.20. The van der Waals surface area contributed by atoms with E-state index in [0.717, 1.165) is 45.0 Å². The number of likely N-dealkylation sites (N-methyl/N-ethyl adjacent to an activating group) is 1. The highest BCUT2D eigenvalue weighted by Gasteiger charge is 2.19. The van der Waals surface area contributed by atoms with Gasteiger partial charge in [0.05, 0.1) is 6.54 Å². The number of pyridine rings is 1. The second kappa shape index (κ2) is 12.5. The maximum atomic E-state index is 13.3. The molecule has 12 nitrogen and oxygen atoms in total. The van der Waals surface area contributed by atoms with E-state index >= 15 is 0 Å². The van der Waals surface area contributed by atoms with Crippen molar-refractivity contribution in [1.29, 1.82) is 0 Å². The summed E-state index contributed by atoms with van der Waals surface area (Å²) in [6.45, 7) is 10.4. The molecule has 0 aliphatic carbocycles. The highest BCUT2D eigenvalue weighted by atomic mass is 16.1. The molecular weight excluding hydrogens is 542 g/mol. The Hall–Kier alpha value is -4.94. The lowest BCUT2D eigenvalue weighted by atomic mass is 10.2. The number of nitrogens with one attached hydrogen (secondary N) is 1. The number of aromatic nitrogens is 7. The van der Waals surface area contributed by atoms with Crippen molar-refractivity contribution in [2.75, 3.05) is 63.6 Å². The van der Waals surface area contributed by atoms with E-state index in [0.29, 0.717) is 34.3 Å². The standard InChI is InChI=1S/C31H35N11O/c1-4-15-41-30(43)25-22-34-31(37-29(25)42(41)27-8-5-7-26(36-27)28-32-13-6-14-33-28)35-23-9-11-24(12-10-23)40-20-18-39(19-21-40)17-16-38(2)3/h4-14,22H,1,15-21H2,2-3H3,(H,34,35,37). The van der Waals surface area contributed by atoms with Crippen molar-refractivity contribution < 1.29 is 0 Å². The lowest BCUT2D eigenvalue weighted by Gasteiger charge is -2.36. The SMILES string of the molecule is C=CCn1c(=O)c2cnc(Nc3ccc(N4CCN(CCN(C)C)CC4)cc3)nc2n1-c1cccc(-c2ncccn2)n1. The molecule has 0 radical (unpaired) electrons. The molecule has 6 rings (SSSR count). The van der Waals surface area contributed by atoms with Crippen molar-refractivity contribution in [3.63, 3.8) is 0 Å². The minimum Gasteiger partial charge on any atom is -0.369 e. The first kappa shape index (κ1) is 28.2. The quantitative estimate of drug-likeness (QED) is 0.249. The summed E-state index contributed by atoms with van der Waals surface area (Å²) >= 11 is 0. The molecule has 220 valence electrons. The van der Waals surface area contributed by atoms with Crippen LogP contribution in [0.1, 0.15) is 0 Å². The smallest absolute Gasteiger partial charge is 0.278 e. The van der Waals surface area contributed by atoms with Crippen molar-refractivity contribution in [1.82, 2.24) is 44.1 Å². The first-order valence-electron chi connectivity index (χ1n) is 14.3. The fourth-order valence-electron chi connectivity index (χ4n) is 5.16. The molecule has 4 aromatic heterocycles. The minimum absolute atomic E-state index is 0.226. The predicted molar refractivity (Wildman–Crippen MR) is 169 cm³/mol. The lowest BCUT2D eigenvalue weighted by molar-refractivity contribution is 0.229. The number of allylic oxidation sites excluding steroid dienone is 1. The predicted octanol–water partition coefficient (Wildman–Crippen LogP) is 3.05. The van der Waals surface area contributed by atoms with Crippen LogP contribution in [0.2, 0.25) is 0 Å². The van der Waals surface area contributed by atoms with Gasteiger partial charge in [-0.1, -0.05) is 12.1 Å². The van der Waals surface area contributed by atoms with Gasteiger partial charge >= 0.3 is 0 Å². The van der Waals surface area contributed by atoms with E-state index < -0.39 is 0 Å². The third-order valence-corrected chi connectivity index (χ3v) is 7.45. The average molecular weight is 578 g/mol. The Labute approximate surface area is 250 Å². The molecule has 43 heavy (non-hydrogen) atoms. The molecule has 5 heterocycles. The first-order valence-corrected chi connectivity index (χ1v) is 14.3. The topological polar surface area (TPSA) is 113 Å². The van der Waals surface area contributed by atoms with Gasteiger partial charge in [0.25, 0.3) is 5.56 Å². The zero-order valence-electron chi connectivity index (χ0n) is 24.5. The number of hydrogen-bond acceptors (Lipinski definition) is 10. The Morgan fingerprint density at radius 2 is 1.72 bits per heavy atom. The summed E-state index contributed by atoms with van der Waals surface area (Å²) < 4.78 is 3.24. The molecule has 0 spiro atoms. The van der Waals surface area contributed by atoms with Gasteiger partial charge in [0.2, 0.25) is 5.95 Å². The fourth-order valence-corrected chi connectivity index (χ4v) is 5.16. The molecule has 1 aromatic carbocycles. The summed E-state index contributed by atoms with van der Waals surface area (Å²) in [7, 11) is 4.23. The second-order valence-corrected chi connectivity index (χ2v) is 10.7. The summed E-state index contributed by atoms with van der Waals surface area (Å²) in [5.41, 5.74) is 2.84. The van der Waals surface area contributed by atoms with Crippen molar-refractivity contribution >= 4 is 28.4 Å². The third kappa shape index (κ3) is 6.15. The average Bonchev–Trinajstić information content (AvgIpc) is 3.31. The molecule has 12 heteroatoms. The van der Waals surface area contributed by atoms with E-state index in [2.05, 4.69) is 67.8 Å². The first-order chi connectivity index (χ1) is 21.0. The van der Waals surface area contributed by atoms with Crippen LogP contribution in [-0.4, -0.2) is 97.4 Å². The highest BCUT2D eigenvalue weighted by molar-refractivity contribution is 5.77. The van der Waals surface area contributed by atoms with Gasteiger partial charge in [-0.05, 0) is 56.6 Å². The van der Waals surface area contributed by atoms with Crippen LogP contribution in [0.5, 0.6) is 0 Å². The molecule has 0 unspecified atom stereocenters. The molecule has 0 atom stereocenters. The maximum Gasteiger partial charge on any atom is 0.278 e. The van der Waals surface area contributed by atoms with E-state index in [1.807, 2.05) is 30.3 Å². The van der Waals surface area contributed by atoms with Crippen molar-refractivity contribution in [2.45, 2.75) is 6.54 Å². The summed E-state index contributed by atoms with van der Waals surface area (Å²) in [6.07, 6.45) is 6.55. The minimum atomic E-state index is -0.226. The van der Waals surface area contributed by atoms with Gasteiger partial charge in [0.1, 0.15) is 11.1 Å². The van der Waals surface area contributed by atoms with Gasteiger partial charge in [-0.2, -0.15) is 4.98 Å². The van der Waals surface area contributed by atoms with E-state index in [9.17, 15) is 4.79 Å². The van der Waals surface area contributed by atoms with Crippen LogP contribution in [0.15, 0.2) is 84.6 Å². The van der Waals surface area contributed by atoms with Gasteiger partial charge in [0, 0.05) is 69.2 Å². The largest absolute Gasteiger partial charge is 0.369 e. The van der Waals surface area contributed by atoms with E-state index in [1.54, 1.807) is 40.1 Å². The third-order valence-electron chi connectivity index (χ3n) is 7.45. The Morgan fingerprint density at radius 1 is 0.953 bits per heavy atom. The van der Waals surface area contributed by atoms with Crippen LogP contribution in [-0.2, 0) is 6.54 Å². The monoisotopic (exact) mass is 577 g/mol. The molecule has 0 saturated carbocycles. The van der Waals surface area contributed by atoms with E-state index in [4.69, 9.17) is 9.97 Å². The van der Waals surface area contributed by atoms with Crippen LogP contribution in [0.4, 0.5) is 17.3 Å². The van der Waals surface area contributed by atoms with Crippen LogP contribution >= 0.6 is 0 Å². The Morgan fingerprint density at radius 3 is 2.44 bits per heavy atom. The molecule has 1 fully saturated rings. The lowest BCUT2D eigenvalue weighted by Crippen LogP contribution is -2.48. The maximum absolute atomic E-state index is 13.3. The number of nitrogens with zero attached hydrogens (tertiary/aromatic N) is 10. The molecule has 5 aromatic rings. The normalized spacial score (nSPS) is 14.0. The Balaban J connectivity index is 1.25. The van der Waals surface area contributed by atoms with Crippen molar-refractivity contribution in [3.8, 4) is 17.3 Å². The Bertz CT molecular complexity index is 1750. The number of hydrogen-bond donors (Lipinski definition) is 1. The van der Waals surface area contributed by atoms with Crippen molar-refractivity contribution in [2.24, 2.45) is 0 Å². The summed E-state index contributed by atoms with van der Waals surface area (Å²) in [6, 6.07) is 15.6. The fraction of sp³-hybridized carbons (Fsp3) is 0.290. The summed E-state index contributed by atoms with van der Waals surface area (Å²) in [5, 5.41) is 3.68. The van der Waals surface area contributed by atoms with Crippen LogP contribution in [0.3, 0.4) is 0 Å². The van der Waals surface area contributed by atoms with Crippen LogP contribution in [0, 0.1) is 0 Å². The zero-order chi connectivity index (χ0) is 29.8.